The van der Waals surface area contributed by atoms with Crippen LogP contribution in [0.15, 0.2) is 8.06 Å². The predicted octanol–water partition coefficient (Wildman–Crippen LogP) is 0.903. The molecule has 9 heavy (non-hydrogen) atoms. The zero-order valence-electron chi connectivity index (χ0n) is 4.10. The molecular formula is C4H2BrIO3. The van der Waals surface area contributed by atoms with E-state index >= 15 is 0 Å². The van der Waals surface area contributed by atoms with Gasteiger partial charge in [0.05, 0.1) is 4.48 Å². The topological polar surface area (TPSA) is 46.5 Å². The van der Waals surface area contributed by atoms with Crippen LogP contribution in [0.1, 0.15) is 0 Å². The number of halogens is 2. The Labute approximate surface area is 73.3 Å². The van der Waals surface area contributed by atoms with Crippen LogP contribution in [0.25, 0.3) is 0 Å². The Balaban J connectivity index is 2.92. The van der Waals surface area contributed by atoms with E-state index in [1.807, 2.05) is 0 Å². The molecule has 0 bridgehead atoms. The monoisotopic (exact) mass is 304 g/mol. The standard InChI is InChI=1S/C4H2BrIO3/c5-1-2(6)4(8)9-3(1)7/h3,7H. The molecule has 0 fully saturated rings. The van der Waals surface area contributed by atoms with Crippen LogP contribution in [0.4, 0.5) is 0 Å². The van der Waals surface area contributed by atoms with E-state index in [2.05, 4.69) is 20.7 Å². The van der Waals surface area contributed by atoms with Gasteiger partial charge in [0, 0.05) is 0 Å². The number of carbonyl (C=O) groups excluding carboxylic acids is 1. The van der Waals surface area contributed by atoms with Crippen molar-refractivity contribution < 1.29 is 14.6 Å². The number of esters is 1. The Morgan fingerprint density at radius 1 is 1.78 bits per heavy atom. The summed E-state index contributed by atoms with van der Waals surface area (Å²) in [5.74, 6) is -0.477. The van der Waals surface area contributed by atoms with E-state index in [0.717, 1.165) is 0 Å². The van der Waals surface area contributed by atoms with Gasteiger partial charge in [-0.05, 0) is 38.5 Å². The van der Waals surface area contributed by atoms with Crippen molar-refractivity contribution in [1.82, 2.24) is 0 Å². The van der Waals surface area contributed by atoms with Gasteiger partial charge in [-0.15, -0.1) is 0 Å². The third kappa shape index (κ3) is 1.27. The summed E-state index contributed by atoms with van der Waals surface area (Å²) >= 11 is 4.78. The number of cyclic esters (lactones) is 1. The molecule has 1 rings (SSSR count). The second kappa shape index (κ2) is 2.55. The fourth-order valence-electron chi connectivity index (χ4n) is 0.411. The molecule has 0 spiro atoms. The van der Waals surface area contributed by atoms with Crippen molar-refractivity contribution in [2.24, 2.45) is 0 Å². The Morgan fingerprint density at radius 2 is 2.33 bits per heavy atom. The minimum absolute atomic E-state index is 0.403. The number of carbonyl (C=O) groups is 1. The van der Waals surface area contributed by atoms with E-state index in [0.29, 0.717) is 8.06 Å². The van der Waals surface area contributed by atoms with Gasteiger partial charge >= 0.3 is 5.97 Å². The number of hydrogen-bond acceptors (Lipinski definition) is 3. The highest BCUT2D eigenvalue weighted by molar-refractivity contribution is 14.1. The van der Waals surface area contributed by atoms with Crippen LogP contribution in [-0.4, -0.2) is 17.4 Å². The smallest absolute Gasteiger partial charge is 0.348 e. The van der Waals surface area contributed by atoms with Gasteiger partial charge in [-0.25, -0.2) is 4.79 Å². The van der Waals surface area contributed by atoms with Gasteiger partial charge < -0.3 is 9.84 Å². The lowest BCUT2D eigenvalue weighted by atomic mass is 10.5. The summed E-state index contributed by atoms with van der Waals surface area (Å²) in [7, 11) is 0. The molecule has 3 nitrogen and oxygen atoms in total. The fourth-order valence-corrected chi connectivity index (χ4v) is 1.06. The van der Waals surface area contributed by atoms with Crippen LogP contribution >= 0.6 is 38.5 Å². The molecule has 0 aliphatic carbocycles. The summed E-state index contributed by atoms with van der Waals surface area (Å²) in [6.07, 6.45) is -1.09. The molecule has 0 saturated heterocycles. The first-order valence-electron chi connectivity index (χ1n) is 2.07. The van der Waals surface area contributed by atoms with Crippen LogP contribution in [-0.2, 0) is 9.53 Å². The molecule has 1 unspecified atom stereocenters. The van der Waals surface area contributed by atoms with E-state index in [1.54, 1.807) is 22.6 Å². The third-order valence-electron chi connectivity index (χ3n) is 0.824. The first-order chi connectivity index (χ1) is 4.13. The van der Waals surface area contributed by atoms with Crippen LogP contribution in [0, 0.1) is 0 Å². The summed E-state index contributed by atoms with van der Waals surface area (Å²) < 4.78 is 5.19. The fraction of sp³-hybridized carbons (Fsp3) is 0.250. The van der Waals surface area contributed by atoms with Crippen molar-refractivity contribution in [3.63, 3.8) is 0 Å². The van der Waals surface area contributed by atoms with Crippen molar-refractivity contribution in [2.75, 3.05) is 0 Å². The molecule has 0 amide bonds. The summed E-state index contributed by atoms with van der Waals surface area (Å²) in [5.41, 5.74) is 0. The highest BCUT2D eigenvalue weighted by Gasteiger charge is 2.28. The number of ether oxygens (including phenoxy) is 1. The van der Waals surface area contributed by atoms with Gasteiger partial charge in [0.15, 0.2) is 0 Å². The summed E-state index contributed by atoms with van der Waals surface area (Å²) in [6.45, 7) is 0. The molecule has 1 atom stereocenters. The van der Waals surface area contributed by atoms with Crippen LogP contribution in [0.2, 0.25) is 0 Å². The molecule has 1 heterocycles. The lowest BCUT2D eigenvalue weighted by molar-refractivity contribution is -0.150. The molecule has 1 aliphatic heterocycles. The Kier molecular flexibility index (Phi) is 2.12. The summed E-state index contributed by atoms with van der Waals surface area (Å²) in [4.78, 5) is 10.5. The highest BCUT2D eigenvalue weighted by Crippen LogP contribution is 2.29. The average Bonchev–Trinajstić information content (AvgIpc) is 1.98. The van der Waals surface area contributed by atoms with Gasteiger partial charge in [0.2, 0.25) is 6.29 Å². The second-order valence-corrected chi connectivity index (χ2v) is 3.35. The maximum absolute atomic E-state index is 10.5. The average molecular weight is 305 g/mol. The lowest BCUT2D eigenvalue weighted by Gasteiger charge is -1.97. The quantitative estimate of drug-likeness (QED) is 0.534. The SMILES string of the molecule is O=C1OC(O)C(Br)=C1I. The number of hydrogen-bond donors (Lipinski definition) is 1. The molecule has 0 aromatic rings. The van der Waals surface area contributed by atoms with E-state index in [-0.39, 0.29) is 0 Å². The normalized spacial score (nSPS) is 27.0. The van der Waals surface area contributed by atoms with Crippen LogP contribution in [0.5, 0.6) is 0 Å². The molecule has 1 N–H and O–H groups in total. The molecule has 5 heteroatoms. The van der Waals surface area contributed by atoms with E-state index < -0.39 is 12.3 Å². The van der Waals surface area contributed by atoms with E-state index in [9.17, 15) is 4.79 Å². The Morgan fingerprint density at radius 3 is 2.44 bits per heavy atom. The van der Waals surface area contributed by atoms with Crippen LogP contribution < -0.4 is 0 Å². The van der Waals surface area contributed by atoms with Gasteiger partial charge in [-0.1, -0.05) is 0 Å². The largest absolute Gasteiger partial charge is 0.427 e. The first kappa shape index (κ1) is 7.49. The van der Waals surface area contributed by atoms with Crippen molar-refractivity contribution in [1.29, 1.82) is 0 Å². The molecule has 1 aliphatic rings. The van der Waals surface area contributed by atoms with Crippen molar-refractivity contribution in [3.8, 4) is 0 Å². The molecular weight excluding hydrogens is 303 g/mol. The van der Waals surface area contributed by atoms with Gasteiger partial charge in [-0.3, -0.25) is 0 Å². The number of aliphatic hydroxyl groups is 1. The second-order valence-electron chi connectivity index (χ2n) is 1.42. The molecule has 0 aromatic heterocycles. The maximum atomic E-state index is 10.5. The Bertz CT molecular complexity index is 188. The van der Waals surface area contributed by atoms with Crippen molar-refractivity contribution in [2.45, 2.75) is 6.29 Å². The van der Waals surface area contributed by atoms with Gasteiger partial charge in [0.25, 0.3) is 0 Å². The summed E-state index contributed by atoms with van der Waals surface area (Å²) in [6, 6.07) is 0. The highest BCUT2D eigenvalue weighted by atomic mass is 127. The third-order valence-corrected chi connectivity index (χ3v) is 3.38. The molecule has 0 aromatic carbocycles. The zero-order chi connectivity index (χ0) is 7.02. The predicted molar refractivity (Wildman–Crippen MR) is 42.1 cm³/mol. The van der Waals surface area contributed by atoms with Gasteiger partial charge in [0.1, 0.15) is 3.58 Å². The van der Waals surface area contributed by atoms with Crippen molar-refractivity contribution in [3.05, 3.63) is 8.06 Å². The summed E-state index contributed by atoms with van der Waals surface area (Å²) in [5, 5.41) is 8.79. The minimum Gasteiger partial charge on any atom is -0.427 e. The number of aliphatic hydroxyl groups excluding tert-OH is 1. The van der Waals surface area contributed by atoms with Crippen molar-refractivity contribution >= 4 is 44.5 Å². The van der Waals surface area contributed by atoms with E-state index in [1.165, 1.54) is 0 Å². The minimum atomic E-state index is -1.09. The van der Waals surface area contributed by atoms with Crippen LogP contribution in [0.3, 0.4) is 0 Å². The lowest BCUT2D eigenvalue weighted by Crippen LogP contribution is -2.06. The Hall–Kier alpha value is 0.380. The van der Waals surface area contributed by atoms with E-state index in [4.69, 9.17) is 5.11 Å². The van der Waals surface area contributed by atoms with Gasteiger partial charge in [-0.2, -0.15) is 0 Å². The molecule has 0 saturated carbocycles. The maximum Gasteiger partial charge on any atom is 0.348 e. The molecule has 0 radical (unpaired) electrons. The molecule has 50 valence electrons. The number of rotatable bonds is 0. The first-order valence-corrected chi connectivity index (χ1v) is 3.94. The zero-order valence-corrected chi connectivity index (χ0v) is 7.84.